The normalized spacial score (nSPS) is 12.0. The molecule has 0 saturated heterocycles. The summed E-state index contributed by atoms with van der Waals surface area (Å²) >= 11 is 5.48. The molecule has 0 aliphatic carbocycles. The van der Waals surface area contributed by atoms with Crippen LogP contribution in [-0.4, -0.2) is 19.3 Å². The van der Waals surface area contributed by atoms with Crippen molar-refractivity contribution in [2.45, 2.75) is 11.1 Å². The van der Waals surface area contributed by atoms with Gasteiger partial charge in [0.1, 0.15) is 4.90 Å². The summed E-state index contributed by atoms with van der Waals surface area (Å²) in [6, 6.07) is 3.73. The molecule has 0 aliphatic rings. The second kappa shape index (κ2) is 6.38. The lowest BCUT2D eigenvalue weighted by atomic mass is 10.1. The number of primary sulfonamides is 1. The molecule has 1 aromatic heterocycles. The van der Waals surface area contributed by atoms with E-state index in [4.69, 9.17) is 16.7 Å². The van der Waals surface area contributed by atoms with Gasteiger partial charge in [-0.1, -0.05) is 11.6 Å². The molecule has 0 radical (unpaired) electrons. The van der Waals surface area contributed by atoms with Gasteiger partial charge in [-0.05, 0) is 24.3 Å². The monoisotopic (exact) mass is 379 g/mol. The van der Waals surface area contributed by atoms with Crippen LogP contribution in [0.15, 0.2) is 41.6 Å². The van der Waals surface area contributed by atoms with Gasteiger partial charge in [0.05, 0.1) is 21.8 Å². The Labute approximate surface area is 139 Å². The first-order chi connectivity index (χ1) is 11.0. The van der Waals surface area contributed by atoms with Gasteiger partial charge in [0.25, 0.3) is 5.91 Å². The molecule has 1 heterocycles. The number of pyridine rings is 1. The summed E-state index contributed by atoms with van der Waals surface area (Å²) in [4.78, 5) is 15.0. The SMILES string of the molecule is NS(=O)(=O)c1cc(Cl)c(C(F)(F)F)cc1NC(=O)c1cccnc1. The zero-order chi connectivity index (χ0) is 18.1. The van der Waals surface area contributed by atoms with Crippen LogP contribution in [-0.2, 0) is 16.2 Å². The average molecular weight is 380 g/mol. The smallest absolute Gasteiger partial charge is 0.321 e. The molecular formula is C13H9ClF3N3O3S. The van der Waals surface area contributed by atoms with Crippen molar-refractivity contribution in [3.8, 4) is 0 Å². The van der Waals surface area contributed by atoms with Crippen molar-refractivity contribution in [1.82, 2.24) is 4.98 Å². The van der Waals surface area contributed by atoms with Gasteiger partial charge < -0.3 is 5.32 Å². The fourth-order valence-electron chi connectivity index (χ4n) is 1.80. The lowest BCUT2D eigenvalue weighted by molar-refractivity contribution is -0.137. The number of carbonyl (C=O) groups is 1. The highest BCUT2D eigenvalue weighted by Crippen LogP contribution is 2.38. The predicted octanol–water partition coefficient (Wildman–Crippen LogP) is 2.65. The first kappa shape index (κ1) is 18.2. The van der Waals surface area contributed by atoms with E-state index in [1.165, 1.54) is 18.3 Å². The van der Waals surface area contributed by atoms with E-state index in [0.717, 1.165) is 6.20 Å². The zero-order valence-corrected chi connectivity index (χ0v) is 13.2. The number of rotatable bonds is 3. The fraction of sp³-hybridized carbons (Fsp3) is 0.0769. The number of hydrogen-bond donors (Lipinski definition) is 2. The topological polar surface area (TPSA) is 102 Å². The number of halogens is 4. The molecule has 0 saturated carbocycles. The van der Waals surface area contributed by atoms with Crippen molar-refractivity contribution >= 4 is 33.2 Å². The molecule has 0 unspecified atom stereocenters. The minimum absolute atomic E-state index is 0.0152. The number of nitrogens with two attached hydrogens (primary N) is 1. The Balaban J connectivity index is 2.56. The Kier molecular flexibility index (Phi) is 4.83. The third kappa shape index (κ3) is 4.02. The molecule has 3 N–H and O–H groups in total. The molecule has 0 atom stereocenters. The Bertz CT molecular complexity index is 887. The molecule has 1 aromatic carbocycles. The van der Waals surface area contributed by atoms with Gasteiger partial charge in [-0.2, -0.15) is 13.2 Å². The number of nitrogens with one attached hydrogen (secondary N) is 1. The van der Waals surface area contributed by atoms with E-state index in [0.29, 0.717) is 12.1 Å². The van der Waals surface area contributed by atoms with Crippen LogP contribution in [0.3, 0.4) is 0 Å². The van der Waals surface area contributed by atoms with Crippen LogP contribution in [0.4, 0.5) is 18.9 Å². The second-order valence-electron chi connectivity index (χ2n) is 4.57. The number of hydrogen-bond acceptors (Lipinski definition) is 4. The van der Waals surface area contributed by atoms with Crippen molar-refractivity contribution in [2.24, 2.45) is 5.14 Å². The largest absolute Gasteiger partial charge is 0.417 e. The Morgan fingerprint density at radius 3 is 2.46 bits per heavy atom. The molecular weight excluding hydrogens is 371 g/mol. The van der Waals surface area contributed by atoms with Crippen LogP contribution in [0, 0.1) is 0 Å². The first-order valence-corrected chi connectivity index (χ1v) is 8.07. The maximum Gasteiger partial charge on any atom is 0.417 e. The van der Waals surface area contributed by atoms with Gasteiger partial charge in [-0.25, -0.2) is 13.6 Å². The summed E-state index contributed by atoms with van der Waals surface area (Å²) < 4.78 is 61.9. The van der Waals surface area contributed by atoms with Gasteiger partial charge >= 0.3 is 6.18 Å². The Morgan fingerprint density at radius 2 is 1.96 bits per heavy atom. The number of anilines is 1. The maximum atomic E-state index is 12.9. The second-order valence-corrected chi connectivity index (χ2v) is 6.50. The first-order valence-electron chi connectivity index (χ1n) is 6.15. The number of nitrogens with zero attached hydrogens (tertiary/aromatic N) is 1. The standard InChI is InChI=1S/C13H9ClF3N3O3S/c14-9-5-11(24(18,22)23)10(4-8(9)13(15,16)17)20-12(21)7-2-1-3-19-6-7/h1-6H,(H,20,21)(H2,18,22,23). The molecule has 11 heteroatoms. The third-order valence-corrected chi connectivity index (χ3v) is 4.12. The average Bonchev–Trinajstić information content (AvgIpc) is 2.47. The summed E-state index contributed by atoms with van der Waals surface area (Å²) in [5, 5.41) is 6.19. The van der Waals surface area contributed by atoms with Gasteiger partial charge in [-0.3, -0.25) is 9.78 Å². The number of aromatic nitrogens is 1. The molecule has 0 fully saturated rings. The summed E-state index contributed by atoms with van der Waals surface area (Å²) in [6.45, 7) is 0. The molecule has 0 spiro atoms. The van der Waals surface area contributed by atoms with Gasteiger partial charge in [0.15, 0.2) is 0 Å². The molecule has 128 valence electrons. The number of sulfonamides is 1. The zero-order valence-electron chi connectivity index (χ0n) is 11.6. The molecule has 0 bridgehead atoms. The lowest BCUT2D eigenvalue weighted by Crippen LogP contribution is -2.20. The molecule has 24 heavy (non-hydrogen) atoms. The molecule has 1 amide bonds. The molecule has 2 rings (SSSR count). The quantitative estimate of drug-likeness (QED) is 0.855. The van der Waals surface area contributed by atoms with Gasteiger partial charge in [0, 0.05) is 12.4 Å². The van der Waals surface area contributed by atoms with Crippen LogP contribution in [0.1, 0.15) is 15.9 Å². The highest BCUT2D eigenvalue weighted by atomic mass is 35.5. The van der Waals surface area contributed by atoms with Crippen LogP contribution in [0.25, 0.3) is 0 Å². The highest BCUT2D eigenvalue weighted by molar-refractivity contribution is 7.89. The summed E-state index contributed by atoms with van der Waals surface area (Å²) in [6.07, 6.45) is -2.30. The van der Waals surface area contributed by atoms with Crippen molar-refractivity contribution in [3.63, 3.8) is 0 Å². The summed E-state index contributed by atoms with van der Waals surface area (Å²) in [5.74, 6) is -0.858. The van der Waals surface area contributed by atoms with E-state index >= 15 is 0 Å². The minimum Gasteiger partial charge on any atom is -0.321 e. The van der Waals surface area contributed by atoms with E-state index in [1.807, 2.05) is 0 Å². The summed E-state index contributed by atoms with van der Waals surface area (Å²) in [5.41, 5.74) is -1.93. The van der Waals surface area contributed by atoms with Crippen molar-refractivity contribution in [1.29, 1.82) is 0 Å². The maximum absolute atomic E-state index is 12.9. The number of alkyl halides is 3. The van der Waals surface area contributed by atoms with E-state index in [-0.39, 0.29) is 5.56 Å². The van der Waals surface area contributed by atoms with Crippen molar-refractivity contribution in [3.05, 3.63) is 52.8 Å². The van der Waals surface area contributed by atoms with Crippen LogP contribution in [0.2, 0.25) is 5.02 Å². The Hall–Kier alpha value is -2.17. The Morgan fingerprint density at radius 1 is 1.29 bits per heavy atom. The number of benzene rings is 1. The van der Waals surface area contributed by atoms with E-state index < -0.39 is 43.3 Å². The predicted molar refractivity (Wildman–Crippen MR) is 80.0 cm³/mol. The highest BCUT2D eigenvalue weighted by Gasteiger charge is 2.35. The molecule has 6 nitrogen and oxygen atoms in total. The van der Waals surface area contributed by atoms with Crippen LogP contribution < -0.4 is 10.5 Å². The number of carbonyl (C=O) groups excluding carboxylic acids is 1. The van der Waals surface area contributed by atoms with E-state index in [9.17, 15) is 26.4 Å². The van der Waals surface area contributed by atoms with E-state index in [1.54, 1.807) is 0 Å². The van der Waals surface area contributed by atoms with Gasteiger partial charge in [-0.15, -0.1) is 0 Å². The van der Waals surface area contributed by atoms with E-state index in [2.05, 4.69) is 10.3 Å². The van der Waals surface area contributed by atoms with Crippen molar-refractivity contribution < 1.29 is 26.4 Å². The third-order valence-electron chi connectivity index (χ3n) is 2.85. The minimum atomic E-state index is -4.85. The fourth-order valence-corrected chi connectivity index (χ4v) is 2.83. The number of amides is 1. The summed E-state index contributed by atoms with van der Waals surface area (Å²) in [7, 11) is -4.43. The van der Waals surface area contributed by atoms with Crippen LogP contribution in [0.5, 0.6) is 0 Å². The van der Waals surface area contributed by atoms with Crippen LogP contribution >= 0.6 is 11.6 Å². The molecule has 0 aliphatic heterocycles. The molecule has 2 aromatic rings. The van der Waals surface area contributed by atoms with Gasteiger partial charge in [0.2, 0.25) is 10.0 Å². The van der Waals surface area contributed by atoms with Crippen molar-refractivity contribution in [2.75, 3.05) is 5.32 Å². The lowest BCUT2D eigenvalue weighted by Gasteiger charge is -2.15.